The van der Waals surface area contributed by atoms with Crippen molar-refractivity contribution >= 4 is 23.3 Å². The van der Waals surface area contributed by atoms with Crippen molar-refractivity contribution < 1.29 is 4.39 Å². The summed E-state index contributed by atoms with van der Waals surface area (Å²) in [6, 6.07) is 5.46. The van der Waals surface area contributed by atoms with Gasteiger partial charge in [-0.2, -0.15) is 0 Å². The van der Waals surface area contributed by atoms with Crippen molar-refractivity contribution in [3.63, 3.8) is 0 Å². The van der Waals surface area contributed by atoms with Gasteiger partial charge in [0.15, 0.2) is 5.82 Å². The van der Waals surface area contributed by atoms with E-state index < -0.39 is 0 Å². The van der Waals surface area contributed by atoms with Gasteiger partial charge in [-0.15, -0.1) is 0 Å². The number of benzene rings is 1. The molecular weight excluding hydrogens is 417 g/mol. The van der Waals surface area contributed by atoms with Crippen LogP contribution in [-0.2, 0) is 0 Å². The molecule has 3 heterocycles. The molecule has 172 valence electrons. The highest BCUT2D eigenvalue weighted by atomic mass is 19.1. The molecule has 2 aromatic heterocycles. The number of aliphatic imine (C=N–C) groups is 1. The number of imidazole rings is 1. The number of halogens is 1. The smallest absolute Gasteiger partial charge is 0.151 e. The van der Waals surface area contributed by atoms with Crippen molar-refractivity contribution in [2.75, 3.05) is 26.7 Å². The van der Waals surface area contributed by atoms with Crippen molar-refractivity contribution in [1.29, 1.82) is 0 Å². The van der Waals surface area contributed by atoms with Gasteiger partial charge in [-0.25, -0.2) is 19.3 Å². The fourth-order valence-corrected chi connectivity index (χ4v) is 4.19. The van der Waals surface area contributed by atoms with Crippen molar-refractivity contribution in [2.45, 2.75) is 33.2 Å². The van der Waals surface area contributed by atoms with Gasteiger partial charge >= 0.3 is 0 Å². The fourth-order valence-electron chi connectivity index (χ4n) is 4.19. The normalized spacial score (nSPS) is 15.7. The van der Waals surface area contributed by atoms with Crippen LogP contribution < -0.4 is 5.73 Å². The lowest BCUT2D eigenvalue weighted by molar-refractivity contribution is 0.360. The van der Waals surface area contributed by atoms with Gasteiger partial charge in [0.1, 0.15) is 17.7 Å². The van der Waals surface area contributed by atoms with E-state index in [9.17, 15) is 4.39 Å². The maximum atomic E-state index is 14.9. The quantitative estimate of drug-likeness (QED) is 0.574. The number of fused-ring (bicyclic) bond motifs is 1. The van der Waals surface area contributed by atoms with Crippen LogP contribution in [0.4, 0.5) is 4.39 Å². The van der Waals surface area contributed by atoms with Crippen LogP contribution in [0, 0.1) is 12.7 Å². The lowest BCUT2D eigenvalue weighted by atomic mass is 10.0. The molecule has 0 saturated carbocycles. The summed E-state index contributed by atoms with van der Waals surface area (Å²) >= 11 is 0. The summed E-state index contributed by atoms with van der Waals surface area (Å²) in [6.45, 7) is 8.23. The molecule has 1 aromatic carbocycles. The molecule has 0 radical (unpaired) electrons. The van der Waals surface area contributed by atoms with Crippen LogP contribution in [-0.4, -0.2) is 57.3 Å². The molecule has 0 bridgehead atoms. The minimum absolute atomic E-state index is 0.166. The van der Waals surface area contributed by atoms with E-state index in [1.54, 1.807) is 6.21 Å². The zero-order chi connectivity index (χ0) is 23.5. The highest BCUT2D eigenvalue weighted by Crippen LogP contribution is 2.29. The molecule has 0 spiro atoms. The summed E-state index contributed by atoms with van der Waals surface area (Å²) in [5.41, 5.74) is 10.8. The van der Waals surface area contributed by atoms with Gasteiger partial charge in [0, 0.05) is 37.5 Å². The minimum Gasteiger partial charge on any atom is -0.326 e. The number of aromatic nitrogens is 4. The second-order valence-electron chi connectivity index (χ2n) is 8.60. The van der Waals surface area contributed by atoms with E-state index in [0.717, 1.165) is 36.5 Å². The summed E-state index contributed by atoms with van der Waals surface area (Å²) in [5.74, 6) is 0.432. The number of nitrogens with zero attached hydrogens (tertiary/aromatic N) is 6. The van der Waals surface area contributed by atoms with E-state index in [0.29, 0.717) is 29.0 Å². The average Bonchev–Trinajstić information content (AvgIpc) is 3.14. The maximum Gasteiger partial charge on any atom is 0.151 e. The van der Waals surface area contributed by atoms with Gasteiger partial charge in [-0.3, -0.25) is 4.99 Å². The van der Waals surface area contributed by atoms with Gasteiger partial charge in [-0.05, 0) is 64.1 Å². The number of hydrogen-bond acceptors (Lipinski definition) is 6. The summed E-state index contributed by atoms with van der Waals surface area (Å²) in [5, 5.41) is 0. The van der Waals surface area contributed by atoms with Gasteiger partial charge < -0.3 is 15.2 Å². The van der Waals surface area contributed by atoms with Gasteiger partial charge in [0.25, 0.3) is 0 Å². The molecule has 7 nitrogen and oxygen atoms in total. The molecule has 0 saturated heterocycles. The molecule has 3 aromatic rings. The Morgan fingerprint density at radius 2 is 2.09 bits per heavy atom. The Kier molecular flexibility index (Phi) is 6.76. The van der Waals surface area contributed by atoms with E-state index in [2.05, 4.69) is 51.8 Å². The van der Waals surface area contributed by atoms with Crippen molar-refractivity contribution in [2.24, 2.45) is 10.7 Å². The average molecular weight is 448 g/mol. The number of allylic oxidation sites excluding steroid dienone is 1. The first kappa shape index (κ1) is 22.9. The van der Waals surface area contributed by atoms with Gasteiger partial charge in [0.05, 0.1) is 22.6 Å². The van der Waals surface area contributed by atoms with Gasteiger partial charge in [0.2, 0.25) is 0 Å². The Labute approximate surface area is 193 Å². The zero-order valence-corrected chi connectivity index (χ0v) is 19.6. The monoisotopic (exact) mass is 447 g/mol. The van der Waals surface area contributed by atoms with Crippen LogP contribution in [0.25, 0.3) is 28.4 Å². The van der Waals surface area contributed by atoms with Crippen LogP contribution in [0.5, 0.6) is 0 Å². The summed E-state index contributed by atoms with van der Waals surface area (Å²) in [4.78, 5) is 20.1. The Hall–Kier alpha value is -3.23. The third kappa shape index (κ3) is 4.91. The number of nitrogens with two attached hydrogens (primary N) is 1. The van der Waals surface area contributed by atoms with E-state index in [1.807, 2.05) is 29.7 Å². The van der Waals surface area contributed by atoms with E-state index >= 15 is 0 Å². The van der Waals surface area contributed by atoms with Crippen molar-refractivity contribution in [3.8, 4) is 11.3 Å². The third-order valence-corrected chi connectivity index (χ3v) is 5.79. The first-order chi connectivity index (χ1) is 15.9. The molecule has 0 unspecified atom stereocenters. The fraction of sp³-hybridized carbons (Fsp3) is 0.360. The largest absolute Gasteiger partial charge is 0.326 e. The summed E-state index contributed by atoms with van der Waals surface area (Å²) in [6.07, 6.45) is 8.23. The molecule has 33 heavy (non-hydrogen) atoms. The van der Waals surface area contributed by atoms with E-state index in [4.69, 9.17) is 5.73 Å². The molecule has 1 aliphatic heterocycles. The molecule has 2 N–H and O–H groups in total. The molecule has 4 rings (SSSR count). The second-order valence-corrected chi connectivity index (χ2v) is 8.60. The van der Waals surface area contributed by atoms with E-state index in [-0.39, 0.29) is 11.9 Å². The minimum atomic E-state index is -0.356. The lowest BCUT2D eigenvalue weighted by Gasteiger charge is -2.22. The Balaban J connectivity index is 1.76. The SMILES string of the molecule is Cc1nc2c(F)cc(-c3cc(C=C(/N=C\CN)C4=CCN(C)CC4)ncn3)cc2n1C(C)C. The molecule has 1 aliphatic rings. The van der Waals surface area contributed by atoms with Crippen LogP contribution in [0.3, 0.4) is 0 Å². The second kappa shape index (κ2) is 9.72. The predicted molar refractivity (Wildman–Crippen MR) is 132 cm³/mol. The molecule has 8 heteroatoms. The standard InChI is InChI=1S/C25H30FN7/c1-16(2)33-17(3)31-25-21(26)11-19(12-24(25)33)23-14-20(29-15-30-23)13-22(28-8-7-27)18-5-9-32(4)10-6-18/h5,8,11-16H,6-7,9-10,27H2,1-4H3/b22-13?,28-8-. The Morgan fingerprint density at radius 1 is 1.27 bits per heavy atom. The zero-order valence-electron chi connectivity index (χ0n) is 19.6. The van der Waals surface area contributed by atoms with Crippen LogP contribution in [0.1, 0.15) is 37.8 Å². The first-order valence-electron chi connectivity index (χ1n) is 11.2. The predicted octanol–water partition coefficient (Wildman–Crippen LogP) is 4.15. The molecular formula is C25H30FN7. The third-order valence-electron chi connectivity index (χ3n) is 5.79. The van der Waals surface area contributed by atoms with Crippen LogP contribution >= 0.6 is 0 Å². The number of hydrogen-bond donors (Lipinski definition) is 1. The highest BCUT2D eigenvalue weighted by Gasteiger charge is 2.17. The highest BCUT2D eigenvalue weighted by molar-refractivity contribution is 5.83. The van der Waals surface area contributed by atoms with Gasteiger partial charge in [-0.1, -0.05) is 6.08 Å². The van der Waals surface area contributed by atoms with Crippen molar-refractivity contribution in [1.82, 2.24) is 24.4 Å². The number of aryl methyl sites for hydroxylation is 1. The molecule has 0 amide bonds. The number of likely N-dealkylation sites (N-methyl/N-ethyl adjacent to an activating group) is 1. The first-order valence-corrected chi connectivity index (χ1v) is 11.2. The summed E-state index contributed by atoms with van der Waals surface area (Å²) in [7, 11) is 2.10. The Morgan fingerprint density at radius 3 is 2.79 bits per heavy atom. The Bertz CT molecular complexity index is 1250. The molecule has 0 aliphatic carbocycles. The number of rotatable bonds is 6. The maximum absolute atomic E-state index is 14.9. The lowest BCUT2D eigenvalue weighted by Crippen LogP contribution is -2.24. The summed E-state index contributed by atoms with van der Waals surface area (Å²) < 4.78 is 17.0. The van der Waals surface area contributed by atoms with E-state index in [1.165, 1.54) is 18.0 Å². The van der Waals surface area contributed by atoms with Crippen molar-refractivity contribution in [3.05, 3.63) is 59.2 Å². The van der Waals surface area contributed by atoms with Crippen LogP contribution in [0.15, 0.2) is 46.9 Å². The molecule has 0 atom stereocenters. The topological polar surface area (TPSA) is 85.2 Å². The molecule has 0 fully saturated rings. The van der Waals surface area contributed by atoms with Crippen LogP contribution in [0.2, 0.25) is 0 Å².